The van der Waals surface area contributed by atoms with Crippen molar-refractivity contribution in [3.05, 3.63) is 66.6 Å². The smallest absolute Gasteiger partial charge is 0.234 e. The van der Waals surface area contributed by atoms with E-state index in [4.69, 9.17) is 14.7 Å². The average Bonchev–Trinajstić information content (AvgIpc) is 3.98. The van der Waals surface area contributed by atoms with E-state index in [1.54, 1.807) is 23.7 Å². The van der Waals surface area contributed by atoms with Crippen molar-refractivity contribution in [2.45, 2.75) is 37.8 Å². The maximum absolute atomic E-state index is 12.3. The summed E-state index contributed by atoms with van der Waals surface area (Å²) in [6.45, 7) is 7.93. The highest BCUT2D eigenvalue weighted by atomic mass is 32.1. The van der Waals surface area contributed by atoms with E-state index in [-0.39, 0.29) is 23.9 Å². The van der Waals surface area contributed by atoms with E-state index in [2.05, 4.69) is 52.0 Å². The number of aromatic nitrogens is 6. The lowest BCUT2D eigenvalue weighted by Gasteiger charge is -2.39. The number of fused-ring (bicyclic) bond motifs is 1. The highest BCUT2D eigenvalue weighted by Gasteiger charge is 2.30. The van der Waals surface area contributed by atoms with Crippen LogP contribution in [0, 0.1) is 5.92 Å². The van der Waals surface area contributed by atoms with E-state index in [9.17, 15) is 9.59 Å². The number of piperidine rings is 2. The van der Waals surface area contributed by atoms with E-state index in [0.29, 0.717) is 32.1 Å². The number of nitrogens with one attached hydrogen (secondary N) is 3. The van der Waals surface area contributed by atoms with Crippen LogP contribution >= 0.6 is 11.3 Å². The highest BCUT2D eigenvalue weighted by Crippen LogP contribution is 2.36. The van der Waals surface area contributed by atoms with Crippen LogP contribution in [-0.2, 0) is 14.3 Å². The minimum absolute atomic E-state index is 0.0195. The van der Waals surface area contributed by atoms with Crippen LogP contribution < -0.4 is 25.8 Å². The van der Waals surface area contributed by atoms with Gasteiger partial charge in [0.1, 0.15) is 12.0 Å². The summed E-state index contributed by atoms with van der Waals surface area (Å²) >= 11 is 1.61. The summed E-state index contributed by atoms with van der Waals surface area (Å²) in [5.74, 6) is 0.884. The van der Waals surface area contributed by atoms with E-state index in [0.717, 1.165) is 108 Å². The van der Waals surface area contributed by atoms with Crippen molar-refractivity contribution in [2.24, 2.45) is 5.92 Å². The molecule has 0 spiro atoms. The molecule has 53 heavy (non-hydrogen) atoms. The molecule has 1 unspecified atom stereocenters. The topological polar surface area (TPSA) is 158 Å². The summed E-state index contributed by atoms with van der Waals surface area (Å²) < 4.78 is 7.46. The zero-order chi connectivity index (χ0) is 35.7. The third-order valence-corrected chi connectivity index (χ3v) is 11.8. The van der Waals surface area contributed by atoms with Gasteiger partial charge in [0.15, 0.2) is 5.01 Å². The molecule has 2 atom stereocenters. The lowest BCUT2D eigenvalue weighted by atomic mass is 9.91. The maximum atomic E-state index is 12.3. The number of rotatable bonds is 9. The van der Waals surface area contributed by atoms with E-state index < -0.39 is 0 Å². The second kappa shape index (κ2) is 14.8. The van der Waals surface area contributed by atoms with Crippen molar-refractivity contribution in [3.63, 3.8) is 0 Å². The van der Waals surface area contributed by atoms with E-state index in [1.807, 2.05) is 47.1 Å². The summed E-state index contributed by atoms with van der Waals surface area (Å²) in [4.78, 5) is 40.6. The zero-order valence-corrected chi connectivity index (χ0v) is 30.2. The first-order chi connectivity index (χ1) is 26.0. The first kappa shape index (κ1) is 33.8. The molecule has 0 saturated carbocycles. The van der Waals surface area contributed by atoms with E-state index in [1.165, 1.54) is 0 Å². The van der Waals surface area contributed by atoms with Crippen LogP contribution in [0.1, 0.15) is 37.2 Å². The molecule has 0 bridgehead atoms. The average molecular weight is 735 g/mol. The van der Waals surface area contributed by atoms with Crippen LogP contribution in [0.2, 0.25) is 0 Å². The second-order valence-electron chi connectivity index (χ2n) is 14.2. The number of hydrogen-bond acceptors (Lipinski definition) is 14. The predicted octanol–water partition coefficient (Wildman–Crippen LogP) is 3.18. The Bertz CT molecular complexity index is 2080. The summed E-state index contributed by atoms with van der Waals surface area (Å²) in [7, 11) is 0. The monoisotopic (exact) mass is 734 g/mol. The van der Waals surface area contributed by atoms with Crippen LogP contribution in [0.15, 0.2) is 61.1 Å². The number of anilines is 3. The van der Waals surface area contributed by atoms with Gasteiger partial charge in [-0.15, -0.1) is 10.2 Å². The van der Waals surface area contributed by atoms with Crippen molar-refractivity contribution >= 4 is 45.3 Å². The van der Waals surface area contributed by atoms with Gasteiger partial charge in [-0.05, 0) is 67.1 Å². The molecular formula is C37H42N12O3S. The number of carbonyl (C=O) groups is 2. The molecule has 0 aromatic carbocycles. The van der Waals surface area contributed by atoms with Crippen LogP contribution in [0.4, 0.5) is 16.6 Å². The summed E-state index contributed by atoms with van der Waals surface area (Å²) in [6, 6.07) is 14.1. The number of carbonyl (C=O) groups excluding carboxylic acids is 2. The normalized spacial score (nSPS) is 21.7. The SMILES string of the molecule is O=C1CC[C@H](c2ccc(N3CCC(CN4CCN(c5nnc(-c6cnc(-c7ccc8cccnn78)cc6NC6COCN6)s5)CC4)CC3)nc2)C(=O)N1. The van der Waals surface area contributed by atoms with Crippen LogP contribution in [0.5, 0.6) is 0 Å². The van der Waals surface area contributed by atoms with Gasteiger partial charge in [0, 0.05) is 76.5 Å². The number of imide groups is 1. The molecule has 2 amide bonds. The predicted molar refractivity (Wildman–Crippen MR) is 202 cm³/mol. The lowest BCUT2D eigenvalue weighted by Crippen LogP contribution is -2.49. The summed E-state index contributed by atoms with van der Waals surface area (Å²) in [6.07, 6.45) is 8.61. The van der Waals surface area contributed by atoms with Crippen molar-refractivity contribution in [2.75, 3.05) is 74.3 Å². The third-order valence-electron chi connectivity index (χ3n) is 10.8. The number of amides is 2. The van der Waals surface area contributed by atoms with Gasteiger partial charge >= 0.3 is 0 Å². The third kappa shape index (κ3) is 7.19. The molecule has 4 fully saturated rings. The van der Waals surface area contributed by atoms with Crippen molar-refractivity contribution < 1.29 is 14.3 Å². The Labute approximate surface area is 310 Å². The molecule has 4 saturated heterocycles. The van der Waals surface area contributed by atoms with E-state index >= 15 is 0 Å². The first-order valence-electron chi connectivity index (χ1n) is 18.4. The summed E-state index contributed by atoms with van der Waals surface area (Å²) in [5, 5.41) is 25.0. The molecule has 4 aliphatic heterocycles. The minimum Gasteiger partial charge on any atom is -0.367 e. The molecule has 274 valence electrons. The van der Waals surface area contributed by atoms with Gasteiger partial charge in [-0.1, -0.05) is 17.4 Å². The number of pyridine rings is 2. The molecule has 0 aliphatic carbocycles. The minimum atomic E-state index is -0.301. The quantitative estimate of drug-likeness (QED) is 0.190. The molecule has 9 rings (SSSR count). The Morgan fingerprint density at radius 3 is 2.60 bits per heavy atom. The largest absolute Gasteiger partial charge is 0.367 e. The number of hydrogen-bond donors (Lipinski definition) is 3. The van der Waals surface area contributed by atoms with Gasteiger partial charge in [0.2, 0.25) is 16.9 Å². The Morgan fingerprint density at radius 2 is 1.81 bits per heavy atom. The maximum Gasteiger partial charge on any atom is 0.234 e. The fraction of sp³-hybridized carbons (Fsp3) is 0.432. The molecule has 16 heteroatoms. The van der Waals surface area contributed by atoms with Crippen LogP contribution in [0.25, 0.3) is 27.5 Å². The number of nitrogens with zero attached hydrogens (tertiary/aromatic N) is 9. The van der Waals surface area contributed by atoms with Crippen LogP contribution in [0.3, 0.4) is 0 Å². The molecule has 5 aromatic rings. The van der Waals surface area contributed by atoms with Crippen molar-refractivity contribution in [1.29, 1.82) is 0 Å². The molecule has 5 aromatic heterocycles. The molecule has 15 nitrogen and oxygen atoms in total. The van der Waals surface area contributed by atoms with Crippen molar-refractivity contribution in [3.8, 4) is 22.0 Å². The molecular weight excluding hydrogens is 693 g/mol. The molecule has 9 heterocycles. The number of piperazine rings is 1. The zero-order valence-electron chi connectivity index (χ0n) is 29.4. The van der Waals surface area contributed by atoms with Gasteiger partial charge in [-0.3, -0.25) is 30.1 Å². The molecule has 4 aliphatic rings. The Morgan fingerprint density at radius 1 is 0.925 bits per heavy atom. The van der Waals surface area contributed by atoms with Crippen LogP contribution in [-0.4, -0.2) is 112 Å². The van der Waals surface area contributed by atoms with Gasteiger partial charge in [-0.25, -0.2) is 9.50 Å². The standard InChI is InChI=1S/C37H42N12O3S/c50-34-8-5-27(35(51)43-34)25-3-7-33(39-19-25)47-12-9-24(10-13-47)21-46-14-16-48(17-15-46)37-45-44-36(53-37)28-20-38-30(18-29(28)42-32-22-52-23-40-32)31-6-4-26-2-1-11-41-49(26)31/h1-4,6-7,11,18-20,24,27,32,40H,5,8-10,12-17,21-23H2,(H,38,42)(H,43,50,51)/t27-,32?/m1/s1. The number of ether oxygens (including phenoxy) is 1. The lowest BCUT2D eigenvalue weighted by molar-refractivity contribution is -0.134. The Kier molecular flexibility index (Phi) is 9.42. The fourth-order valence-corrected chi connectivity index (χ4v) is 8.71. The summed E-state index contributed by atoms with van der Waals surface area (Å²) in [5.41, 5.74) is 5.45. The van der Waals surface area contributed by atoms with Crippen molar-refractivity contribution in [1.82, 2.24) is 45.3 Å². The van der Waals surface area contributed by atoms with Gasteiger partial charge < -0.3 is 19.9 Å². The molecule has 3 N–H and O–H groups in total. The van der Waals surface area contributed by atoms with Gasteiger partial charge in [0.25, 0.3) is 0 Å². The second-order valence-corrected chi connectivity index (χ2v) is 15.1. The van der Waals surface area contributed by atoms with Gasteiger partial charge in [0.05, 0.1) is 41.7 Å². The Hall–Kier alpha value is -5.03. The highest BCUT2D eigenvalue weighted by molar-refractivity contribution is 7.18. The fourth-order valence-electron chi connectivity index (χ4n) is 7.79. The molecule has 0 radical (unpaired) electrons. The Balaban J connectivity index is 0.797. The van der Waals surface area contributed by atoms with Gasteiger partial charge in [-0.2, -0.15) is 5.10 Å². The first-order valence-corrected chi connectivity index (χ1v) is 19.2.